The van der Waals surface area contributed by atoms with Crippen LogP contribution in [0.2, 0.25) is 0 Å². The summed E-state index contributed by atoms with van der Waals surface area (Å²) in [4.78, 5) is 14.4. The molecule has 20 heavy (non-hydrogen) atoms. The fourth-order valence-electron chi connectivity index (χ4n) is 1.40. The molecule has 0 atom stereocenters. The molecule has 0 radical (unpaired) electrons. The highest BCUT2D eigenvalue weighted by Gasteiger charge is 2.40. The molecule has 0 unspecified atom stereocenters. The molecule has 2 rings (SSSR count). The number of carboxylic acids is 1. The second kappa shape index (κ2) is 4.99. The van der Waals surface area contributed by atoms with Crippen molar-refractivity contribution in [3.05, 3.63) is 23.8 Å². The number of benzene rings is 1. The van der Waals surface area contributed by atoms with Crippen molar-refractivity contribution in [3.63, 3.8) is 0 Å². The van der Waals surface area contributed by atoms with Crippen LogP contribution in [-0.2, 0) is 0 Å². The van der Waals surface area contributed by atoms with Gasteiger partial charge in [-0.15, -0.1) is 0 Å². The predicted molar refractivity (Wildman–Crippen MR) is 60.4 cm³/mol. The van der Waals surface area contributed by atoms with E-state index in [9.17, 15) is 22.4 Å². The molecule has 0 fully saturated rings. The lowest BCUT2D eigenvalue weighted by atomic mass is 10.2. The lowest BCUT2D eigenvalue weighted by Crippen LogP contribution is -2.34. The Bertz CT molecular complexity index is 642. The number of halogens is 4. The van der Waals surface area contributed by atoms with Gasteiger partial charge in [0.25, 0.3) is 6.01 Å². The number of hydrogen-bond acceptors (Lipinski definition) is 4. The Morgan fingerprint density at radius 1 is 1.45 bits per heavy atom. The number of nitrogens with zero attached hydrogens (tertiary/aromatic N) is 1. The Kier molecular flexibility index (Phi) is 3.51. The van der Waals surface area contributed by atoms with Crippen LogP contribution in [0.15, 0.2) is 22.6 Å². The summed E-state index contributed by atoms with van der Waals surface area (Å²) in [5.74, 6) is -5.41. The average Bonchev–Trinajstić information content (AvgIpc) is 2.77. The van der Waals surface area contributed by atoms with Crippen LogP contribution in [0, 0.1) is 0 Å². The predicted octanol–water partition coefficient (Wildman–Crippen LogP) is 2.84. The van der Waals surface area contributed by atoms with Crippen LogP contribution in [0.25, 0.3) is 11.1 Å². The molecule has 0 spiro atoms. The second-order valence-electron chi connectivity index (χ2n) is 3.92. The molecule has 0 saturated carbocycles. The molecular formula is C11H8F4N2O3. The van der Waals surface area contributed by atoms with E-state index in [4.69, 9.17) is 9.52 Å². The largest absolute Gasteiger partial charge is 0.478 e. The van der Waals surface area contributed by atoms with Crippen molar-refractivity contribution < 1.29 is 31.9 Å². The standard InChI is InChI=1S/C11H8F4N2O3/c12-9(13)11(14,15)4-16-10-17-6-2-1-5(8(18)19)3-7(6)20-10/h1-3,9H,4H2,(H,16,17)(H,18,19). The highest BCUT2D eigenvalue weighted by Crippen LogP contribution is 2.25. The number of aromatic nitrogens is 1. The highest BCUT2D eigenvalue weighted by molar-refractivity contribution is 5.92. The highest BCUT2D eigenvalue weighted by atomic mass is 19.3. The number of carbonyl (C=O) groups is 1. The Balaban J connectivity index is 2.18. The van der Waals surface area contributed by atoms with Crippen molar-refractivity contribution in [2.24, 2.45) is 0 Å². The average molecular weight is 292 g/mol. The maximum absolute atomic E-state index is 12.7. The minimum Gasteiger partial charge on any atom is -0.478 e. The molecule has 1 aromatic carbocycles. The molecule has 5 nitrogen and oxygen atoms in total. The number of anilines is 1. The van der Waals surface area contributed by atoms with Gasteiger partial charge in [-0.1, -0.05) is 0 Å². The van der Waals surface area contributed by atoms with Crippen LogP contribution in [0.5, 0.6) is 0 Å². The lowest BCUT2D eigenvalue weighted by Gasteiger charge is -2.14. The summed E-state index contributed by atoms with van der Waals surface area (Å²) in [5.41, 5.74) is 0.198. The first-order valence-electron chi connectivity index (χ1n) is 5.33. The second-order valence-corrected chi connectivity index (χ2v) is 3.92. The molecule has 1 aromatic heterocycles. The van der Waals surface area contributed by atoms with Gasteiger partial charge in [0.2, 0.25) is 0 Å². The first-order chi connectivity index (χ1) is 9.29. The van der Waals surface area contributed by atoms with Gasteiger partial charge in [-0.2, -0.15) is 13.8 Å². The van der Waals surface area contributed by atoms with Crippen LogP contribution in [0.3, 0.4) is 0 Å². The normalized spacial score (nSPS) is 12.1. The topological polar surface area (TPSA) is 75.4 Å². The van der Waals surface area contributed by atoms with Crippen molar-refractivity contribution in [3.8, 4) is 0 Å². The number of hydrogen-bond donors (Lipinski definition) is 2. The van der Waals surface area contributed by atoms with Gasteiger partial charge in [0, 0.05) is 0 Å². The summed E-state index contributed by atoms with van der Waals surface area (Å²) < 4.78 is 54.3. The smallest absolute Gasteiger partial charge is 0.335 e. The van der Waals surface area contributed by atoms with Crippen molar-refractivity contribution in [2.75, 3.05) is 11.9 Å². The van der Waals surface area contributed by atoms with Crippen LogP contribution < -0.4 is 5.32 Å². The van der Waals surface area contributed by atoms with Gasteiger partial charge < -0.3 is 14.8 Å². The number of rotatable bonds is 5. The van der Waals surface area contributed by atoms with E-state index >= 15 is 0 Å². The minimum absolute atomic E-state index is 0.0489. The van der Waals surface area contributed by atoms with E-state index in [1.807, 2.05) is 5.32 Å². The molecule has 0 amide bonds. The zero-order valence-electron chi connectivity index (χ0n) is 9.74. The van der Waals surface area contributed by atoms with Gasteiger partial charge in [-0.3, -0.25) is 0 Å². The summed E-state index contributed by atoms with van der Waals surface area (Å²) in [6.45, 7) is -1.34. The van der Waals surface area contributed by atoms with E-state index in [1.54, 1.807) is 0 Å². The van der Waals surface area contributed by atoms with Crippen molar-refractivity contribution >= 4 is 23.1 Å². The van der Waals surface area contributed by atoms with E-state index in [-0.39, 0.29) is 22.7 Å². The van der Waals surface area contributed by atoms with Gasteiger partial charge in [0.1, 0.15) is 5.52 Å². The first kappa shape index (κ1) is 14.1. The van der Waals surface area contributed by atoms with Gasteiger partial charge >= 0.3 is 18.3 Å². The van der Waals surface area contributed by atoms with Crippen LogP contribution in [0.4, 0.5) is 23.6 Å². The zero-order chi connectivity index (χ0) is 14.9. The first-order valence-corrected chi connectivity index (χ1v) is 5.33. The SMILES string of the molecule is O=C(O)c1ccc2nc(NCC(F)(F)C(F)F)oc2c1. The van der Waals surface area contributed by atoms with Crippen LogP contribution in [0.1, 0.15) is 10.4 Å². The molecular weight excluding hydrogens is 284 g/mol. The molecule has 0 aliphatic heterocycles. The molecule has 2 N–H and O–H groups in total. The zero-order valence-corrected chi connectivity index (χ0v) is 9.74. The number of oxazole rings is 1. The molecule has 9 heteroatoms. The fourth-order valence-corrected chi connectivity index (χ4v) is 1.40. The molecule has 1 heterocycles. The van der Waals surface area contributed by atoms with E-state index in [0.29, 0.717) is 0 Å². The van der Waals surface area contributed by atoms with Gasteiger partial charge in [0.15, 0.2) is 5.58 Å². The van der Waals surface area contributed by atoms with E-state index < -0.39 is 24.9 Å². The number of aromatic carboxylic acids is 1. The monoisotopic (exact) mass is 292 g/mol. The van der Waals surface area contributed by atoms with E-state index in [2.05, 4.69) is 4.98 Å². The maximum Gasteiger partial charge on any atom is 0.335 e. The third-order valence-corrected chi connectivity index (χ3v) is 2.43. The van der Waals surface area contributed by atoms with Crippen molar-refractivity contribution in [1.29, 1.82) is 0 Å². The van der Waals surface area contributed by atoms with Gasteiger partial charge in [-0.05, 0) is 18.2 Å². The van der Waals surface area contributed by atoms with Crippen LogP contribution in [-0.4, -0.2) is 35.0 Å². The molecule has 0 bridgehead atoms. The summed E-state index contributed by atoms with van der Waals surface area (Å²) in [6, 6.07) is 3.34. The van der Waals surface area contributed by atoms with E-state index in [1.165, 1.54) is 12.1 Å². The number of fused-ring (bicyclic) bond motifs is 1. The Morgan fingerprint density at radius 3 is 2.75 bits per heavy atom. The molecule has 2 aromatic rings. The number of carboxylic acid groups (broad SMARTS) is 1. The fraction of sp³-hybridized carbons (Fsp3) is 0.273. The molecule has 108 valence electrons. The van der Waals surface area contributed by atoms with Crippen LogP contribution >= 0.6 is 0 Å². The summed E-state index contributed by atoms with van der Waals surface area (Å²) in [5, 5.41) is 10.7. The summed E-state index contributed by atoms with van der Waals surface area (Å²) >= 11 is 0. The summed E-state index contributed by atoms with van der Waals surface area (Å²) in [7, 11) is 0. The Morgan fingerprint density at radius 2 is 2.15 bits per heavy atom. The van der Waals surface area contributed by atoms with Crippen molar-refractivity contribution in [1.82, 2.24) is 4.98 Å². The number of alkyl halides is 4. The van der Waals surface area contributed by atoms with Crippen molar-refractivity contribution in [2.45, 2.75) is 12.3 Å². The van der Waals surface area contributed by atoms with E-state index in [0.717, 1.165) is 6.07 Å². The molecule has 0 saturated heterocycles. The Labute approximate surface area is 109 Å². The quantitative estimate of drug-likeness (QED) is 0.829. The maximum atomic E-state index is 12.7. The number of nitrogens with one attached hydrogen (secondary N) is 1. The Hall–Kier alpha value is -2.32. The third kappa shape index (κ3) is 2.81. The summed E-state index contributed by atoms with van der Waals surface area (Å²) in [6.07, 6.45) is -3.81. The lowest BCUT2D eigenvalue weighted by molar-refractivity contribution is -0.117. The molecule has 0 aliphatic rings. The minimum atomic E-state index is -4.22. The third-order valence-electron chi connectivity index (χ3n) is 2.43. The van der Waals surface area contributed by atoms with Gasteiger partial charge in [-0.25, -0.2) is 13.6 Å². The molecule has 0 aliphatic carbocycles. The van der Waals surface area contributed by atoms with Gasteiger partial charge in [0.05, 0.1) is 12.1 Å².